The third kappa shape index (κ3) is 5.73. The van der Waals surface area contributed by atoms with Crippen molar-refractivity contribution in [2.75, 3.05) is 18.0 Å². The zero-order chi connectivity index (χ0) is 15.0. The summed E-state index contributed by atoms with van der Waals surface area (Å²) >= 11 is 0. The van der Waals surface area contributed by atoms with E-state index in [9.17, 15) is 9.59 Å². The average molecular weight is 279 g/mol. The van der Waals surface area contributed by atoms with E-state index < -0.39 is 11.9 Å². The van der Waals surface area contributed by atoms with Crippen molar-refractivity contribution in [3.63, 3.8) is 0 Å². The van der Waals surface area contributed by atoms with Crippen LogP contribution in [0.5, 0.6) is 0 Å². The van der Waals surface area contributed by atoms with Crippen LogP contribution in [0.25, 0.3) is 0 Å². The van der Waals surface area contributed by atoms with E-state index in [0.29, 0.717) is 13.0 Å². The molecule has 5 nitrogen and oxygen atoms in total. The van der Waals surface area contributed by atoms with Crippen molar-refractivity contribution in [1.82, 2.24) is 0 Å². The van der Waals surface area contributed by atoms with Gasteiger partial charge in [-0.2, -0.15) is 0 Å². The molecule has 0 aliphatic heterocycles. The molecule has 0 spiro atoms. The van der Waals surface area contributed by atoms with Crippen molar-refractivity contribution < 1.29 is 19.8 Å². The first-order chi connectivity index (χ1) is 9.52. The minimum Gasteiger partial charge on any atom is -0.481 e. The Bertz CT molecular complexity index is 459. The maximum absolute atomic E-state index is 10.7. The fraction of sp³-hybridized carbons (Fsp3) is 0.467. The first kappa shape index (κ1) is 16.0. The molecule has 0 aromatic heterocycles. The highest BCUT2D eigenvalue weighted by Crippen LogP contribution is 2.18. The Kier molecular flexibility index (Phi) is 6.56. The Morgan fingerprint density at radius 3 is 2.40 bits per heavy atom. The predicted octanol–water partition coefficient (Wildman–Crippen LogP) is 2.39. The first-order valence-electron chi connectivity index (χ1n) is 6.80. The molecule has 0 amide bonds. The van der Waals surface area contributed by atoms with E-state index in [0.717, 1.165) is 24.2 Å². The maximum Gasteiger partial charge on any atom is 0.305 e. The number of hydrogen-bond donors (Lipinski definition) is 2. The highest BCUT2D eigenvalue weighted by atomic mass is 16.4. The van der Waals surface area contributed by atoms with Crippen LogP contribution in [0.3, 0.4) is 0 Å². The second kappa shape index (κ2) is 8.19. The van der Waals surface area contributed by atoms with Crippen LogP contribution in [0.15, 0.2) is 24.3 Å². The first-order valence-corrected chi connectivity index (χ1v) is 6.80. The number of benzene rings is 1. The van der Waals surface area contributed by atoms with Gasteiger partial charge in [0.2, 0.25) is 0 Å². The summed E-state index contributed by atoms with van der Waals surface area (Å²) in [6.07, 6.45) is 1.62. The standard InChI is InChI=1S/C15H21NO4/c1-2-9-16(10-8-15(19)20)13-5-3-4-12(11-13)6-7-14(17)18/h3-5,11H,2,6-10H2,1H3,(H,17,18)(H,19,20). The lowest BCUT2D eigenvalue weighted by molar-refractivity contribution is -0.137. The topological polar surface area (TPSA) is 77.8 Å². The summed E-state index contributed by atoms with van der Waals surface area (Å²) in [6, 6.07) is 7.66. The summed E-state index contributed by atoms with van der Waals surface area (Å²) in [7, 11) is 0. The van der Waals surface area contributed by atoms with Gasteiger partial charge in [-0.25, -0.2) is 0 Å². The normalized spacial score (nSPS) is 10.2. The molecule has 0 aliphatic rings. The van der Waals surface area contributed by atoms with Crippen LogP contribution in [0.1, 0.15) is 31.7 Å². The number of aryl methyl sites for hydroxylation is 1. The lowest BCUT2D eigenvalue weighted by Crippen LogP contribution is -2.27. The summed E-state index contributed by atoms with van der Waals surface area (Å²) in [6.45, 7) is 3.29. The molecule has 5 heteroatoms. The van der Waals surface area contributed by atoms with Gasteiger partial charge in [0.15, 0.2) is 0 Å². The van der Waals surface area contributed by atoms with Crippen molar-refractivity contribution >= 4 is 17.6 Å². The Morgan fingerprint density at radius 1 is 1.10 bits per heavy atom. The predicted molar refractivity (Wildman–Crippen MR) is 77.2 cm³/mol. The highest BCUT2D eigenvalue weighted by Gasteiger charge is 2.09. The van der Waals surface area contributed by atoms with Gasteiger partial charge in [-0.3, -0.25) is 9.59 Å². The molecule has 110 valence electrons. The van der Waals surface area contributed by atoms with Gasteiger partial charge in [0, 0.05) is 25.2 Å². The lowest BCUT2D eigenvalue weighted by Gasteiger charge is -2.24. The number of aliphatic carboxylic acids is 2. The Hall–Kier alpha value is -2.04. The molecule has 0 atom stereocenters. The third-order valence-corrected chi connectivity index (χ3v) is 2.99. The minimum absolute atomic E-state index is 0.0966. The lowest BCUT2D eigenvalue weighted by atomic mass is 10.1. The second-order valence-electron chi connectivity index (χ2n) is 4.69. The summed E-state index contributed by atoms with van der Waals surface area (Å²) < 4.78 is 0. The van der Waals surface area contributed by atoms with Gasteiger partial charge in [-0.1, -0.05) is 19.1 Å². The fourth-order valence-corrected chi connectivity index (χ4v) is 2.03. The van der Waals surface area contributed by atoms with Crippen LogP contribution in [0.2, 0.25) is 0 Å². The van der Waals surface area contributed by atoms with E-state index >= 15 is 0 Å². The molecule has 2 N–H and O–H groups in total. The molecule has 0 radical (unpaired) electrons. The molecule has 0 heterocycles. The smallest absolute Gasteiger partial charge is 0.305 e. The van der Waals surface area contributed by atoms with Gasteiger partial charge in [0.25, 0.3) is 0 Å². The molecule has 1 aromatic carbocycles. The van der Waals surface area contributed by atoms with Gasteiger partial charge in [-0.05, 0) is 30.5 Å². The molecule has 0 fully saturated rings. The number of nitrogens with zero attached hydrogens (tertiary/aromatic N) is 1. The monoisotopic (exact) mass is 279 g/mol. The number of rotatable bonds is 9. The van der Waals surface area contributed by atoms with Crippen LogP contribution in [0.4, 0.5) is 5.69 Å². The van der Waals surface area contributed by atoms with E-state index in [4.69, 9.17) is 10.2 Å². The van der Waals surface area contributed by atoms with Gasteiger partial charge >= 0.3 is 11.9 Å². The number of anilines is 1. The summed E-state index contributed by atoms with van der Waals surface area (Å²) in [5.41, 5.74) is 1.91. The van der Waals surface area contributed by atoms with Crippen LogP contribution in [-0.4, -0.2) is 35.2 Å². The maximum atomic E-state index is 10.7. The van der Waals surface area contributed by atoms with Crippen molar-refractivity contribution in [2.24, 2.45) is 0 Å². The van der Waals surface area contributed by atoms with Crippen LogP contribution < -0.4 is 4.90 Å². The highest BCUT2D eigenvalue weighted by molar-refractivity contribution is 5.68. The molecule has 0 saturated heterocycles. The molecule has 20 heavy (non-hydrogen) atoms. The zero-order valence-electron chi connectivity index (χ0n) is 11.7. The molecule has 0 aliphatic carbocycles. The molecule has 1 aromatic rings. The SMILES string of the molecule is CCCN(CCC(=O)O)c1cccc(CCC(=O)O)c1. The molecule has 0 unspecified atom stereocenters. The van der Waals surface area contributed by atoms with E-state index in [-0.39, 0.29) is 12.8 Å². The van der Waals surface area contributed by atoms with Crippen LogP contribution in [-0.2, 0) is 16.0 Å². The van der Waals surface area contributed by atoms with Crippen molar-refractivity contribution in [1.29, 1.82) is 0 Å². The van der Waals surface area contributed by atoms with Crippen LogP contribution >= 0.6 is 0 Å². The minimum atomic E-state index is -0.813. The van der Waals surface area contributed by atoms with E-state index in [1.165, 1.54) is 0 Å². The second-order valence-corrected chi connectivity index (χ2v) is 4.69. The van der Waals surface area contributed by atoms with Gasteiger partial charge in [0.05, 0.1) is 6.42 Å². The Labute approximate surface area is 118 Å². The van der Waals surface area contributed by atoms with E-state index in [2.05, 4.69) is 0 Å². The fourth-order valence-electron chi connectivity index (χ4n) is 2.03. The number of carbonyl (C=O) groups is 2. The third-order valence-electron chi connectivity index (χ3n) is 2.99. The van der Waals surface area contributed by atoms with Gasteiger partial charge in [0.1, 0.15) is 0 Å². The van der Waals surface area contributed by atoms with E-state index in [1.54, 1.807) is 0 Å². The molecule has 0 bridgehead atoms. The van der Waals surface area contributed by atoms with Gasteiger partial charge < -0.3 is 15.1 Å². The van der Waals surface area contributed by atoms with Crippen LogP contribution in [0, 0.1) is 0 Å². The Balaban J connectivity index is 2.76. The molecular formula is C15H21NO4. The van der Waals surface area contributed by atoms with E-state index in [1.807, 2.05) is 36.1 Å². The Morgan fingerprint density at radius 2 is 1.80 bits per heavy atom. The largest absolute Gasteiger partial charge is 0.481 e. The zero-order valence-corrected chi connectivity index (χ0v) is 11.7. The summed E-state index contributed by atoms with van der Waals surface area (Å²) in [5, 5.41) is 17.5. The number of hydrogen-bond acceptors (Lipinski definition) is 3. The summed E-state index contributed by atoms with van der Waals surface area (Å²) in [4.78, 5) is 23.3. The average Bonchev–Trinajstić information content (AvgIpc) is 2.41. The number of carboxylic acid groups (broad SMARTS) is 2. The summed E-state index contributed by atoms with van der Waals surface area (Å²) in [5.74, 6) is -1.63. The van der Waals surface area contributed by atoms with Crippen molar-refractivity contribution in [2.45, 2.75) is 32.6 Å². The molecule has 1 rings (SSSR count). The van der Waals surface area contributed by atoms with Crippen molar-refractivity contribution in [3.8, 4) is 0 Å². The van der Waals surface area contributed by atoms with Crippen molar-refractivity contribution in [3.05, 3.63) is 29.8 Å². The quantitative estimate of drug-likeness (QED) is 0.725. The molecule has 0 saturated carbocycles. The number of carboxylic acids is 2. The van der Waals surface area contributed by atoms with Gasteiger partial charge in [-0.15, -0.1) is 0 Å². The molecular weight excluding hydrogens is 258 g/mol.